The van der Waals surface area contributed by atoms with Crippen LogP contribution in [0, 0.1) is 0 Å². The van der Waals surface area contributed by atoms with Crippen molar-refractivity contribution in [3.8, 4) is 11.4 Å². The van der Waals surface area contributed by atoms with Gasteiger partial charge in [0.2, 0.25) is 0 Å². The summed E-state index contributed by atoms with van der Waals surface area (Å²) in [6.07, 6.45) is 4.94. The Hall–Kier alpha value is -4.02. The number of aromatic nitrogens is 3. The van der Waals surface area contributed by atoms with Crippen molar-refractivity contribution in [3.63, 3.8) is 0 Å². The molecule has 2 heterocycles. The fraction of sp³-hybridized carbons (Fsp3) is 0.125. The van der Waals surface area contributed by atoms with Crippen LogP contribution in [-0.4, -0.2) is 45.2 Å². The highest BCUT2D eigenvalue weighted by atomic mass is 32.2. The summed E-state index contributed by atoms with van der Waals surface area (Å²) in [7, 11) is -3.92. The largest absolute Gasteiger partial charge is 0.482 e. The minimum Gasteiger partial charge on any atom is -0.482 e. The van der Waals surface area contributed by atoms with Crippen molar-refractivity contribution in [2.75, 3.05) is 6.61 Å². The number of rotatable bonds is 10. The number of carbonyl (C=O) groups is 1. The van der Waals surface area contributed by atoms with Crippen LogP contribution in [0.5, 0.6) is 5.75 Å². The average Bonchev–Trinajstić information content (AvgIpc) is 3.39. The van der Waals surface area contributed by atoms with E-state index in [0.29, 0.717) is 11.3 Å². The van der Waals surface area contributed by atoms with E-state index in [0.717, 1.165) is 11.3 Å². The third-order valence-corrected chi connectivity index (χ3v) is 6.63. The third-order valence-electron chi connectivity index (χ3n) is 4.93. The van der Waals surface area contributed by atoms with Gasteiger partial charge in [0.15, 0.2) is 11.6 Å². The molecule has 0 saturated carbocycles. The van der Waals surface area contributed by atoms with Gasteiger partial charge in [-0.05, 0) is 53.6 Å². The van der Waals surface area contributed by atoms with Crippen molar-refractivity contribution in [3.05, 3.63) is 103 Å². The Morgan fingerprint density at radius 3 is 2.41 bits per heavy atom. The molecule has 0 amide bonds. The number of hydrogen-bond donors (Lipinski definition) is 1. The number of nitrogens with zero attached hydrogens (tertiary/aromatic N) is 4. The quantitative estimate of drug-likeness (QED) is 0.372. The summed E-state index contributed by atoms with van der Waals surface area (Å²) >= 11 is 0. The van der Waals surface area contributed by atoms with Crippen molar-refractivity contribution in [2.24, 2.45) is 0 Å². The second-order valence-electron chi connectivity index (χ2n) is 7.39. The number of aliphatic carboxylic acids is 1. The van der Waals surface area contributed by atoms with Gasteiger partial charge in [0, 0.05) is 31.7 Å². The predicted molar refractivity (Wildman–Crippen MR) is 124 cm³/mol. The van der Waals surface area contributed by atoms with E-state index in [2.05, 4.69) is 10.1 Å². The molecule has 10 heteroatoms. The van der Waals surface area contributed by atoms with Crippen LogP contribution in [0.4, 0.5) is 0 Å². The van der Waals surface area contributed by atoms with E-state index < -0.39 is 22.6 Å². The lowest BCUT2D eigenvalue weighted by Gasteiger charge is -2.22. The minimum absolute atomic E-state index is 0.0457. The van der Waals surface area contributed by atoms with Crippen LogP contribution < -0.4 is 4.74 Å². The molecule has 0 aliphatic carbocycles. The van der Waals surface area contributed by atoms with Crippen LogP contribution in [0.25, 0.3) is 5.69 Å². The molecule has 0 unspecified atom stereocenters. The standard InChI is InChI=1S/C24H22N4O5S/c29-24(30)18-33-22-6-3-5-20(15-22)17-27(34(31,32)23-7-1-2-12-25-23)16-19-8-10-21(11-9-19)28-14-4-13-26-28/h1-15H,16-18H2,(H,29,30). The Morgan fingerprint density at radius 2 is 1.74 bits per heavy atom. The number of hydrogen-bond acceptors (Lipinski definition) is 6. The van der Waals surface area contributed by atoms with Gasteiger partial charge >= 0.3 is 5.97 Å². The van der Waals surface area contributed by atoms with Crippen LogP contribution in [0.3, 0.4) is 0 Å². The topological polar surface area (TPSA) is 115 Å². The zero-order valence-corrected chi connectivity index (χ0v) is 18.9. The van der Waals surface area contributed by atoms with Gasteiger partial charge < -0.3 is 9.84 Å². The number of sulfonamides is 1. The van der Waals surface area contributed by atoms with Gasteiger partial charge in [0.05, 0.1) is 5.69 Å². The zero-order chi connectivity index (χ0) is 24.0. The molecule has 0 bridgehead atoms. The first-order chi connectivity index (χ1) is 16.4. The van der Waals surface area contributed by atoms with E-state index in [9.17, 15) is 13.2 Å². The van der Waals surface area contributed by atoms with Crippen molar-refractivity contribution in [2.45, 2.75) is 18.1 Å². The molecule has 0 saturated heterocycles. The number of carboxylic acids is 1. The van der Waals surface area contributed by atoms with Crippen LogP contribution in [-0.2, 0) is 27.9 Å². The van der Waals surface area contributed by atoms with Crippen molar-refractivity contribution >= 4 is 16.0 Å². The molecule has 4 aromatic rings. The molecular weight excluding hydrogens is 456 g/mol. The summed E-state index contributed by atoms with van der Waals surface area (Å²) in [5, 5.41) is 13.0. The molecule has 0 radical (unpaired) electrons. The maximum atomic E-state index is 13.4. The van der Waals surface area contributed by atoms with Crippen molar-refractivity contribution in [1.82, 2.24) is 19.1 Å². The Morgan fingerprint density at radius 1 is 0.941 bits per heavy atom. The lowest BCUT2D eigenvalue weighted by atomic mass is 10.2. The number of pyridine rings is 1. The molecule has 0 atom stereocenters. The zero-order valence-electron chi connectivity index (χ0n) is 18.1. The second kappa shape index (κ2) is 10.3. The van der Waals surface area contributed by atoms with E-state index >= 15 is 0 Å². The highest BCUT2D eigenvalue weighted by Crippen LogP contribution is 2.22. The smallest absolute Gasteiger partial charge is 0.341 e. The summed E-state index contributed by atoms with van der Waals surface area (Å²) in [6, 6.07) is 20.7. The van der Waals surface area contributed by atoms with Gasteiger partial charge in [0.25, 0.3) is 10.0 Å². The van der Waals surface area contributed by atoms with Crippen LogP contribution in [0.2, 0.25) is 0 Å². The first kappa shape index (κ1) is 23.1. The average molecular weight is 479 g/mol. The normalized spacial score (nSPS) is 11.4. The van der Waals surface area contributed by atoms with Gasteiger partial charge in [-0.3, -0.25) is 0 Å². The summed E-state index contributed by atoms with van der Waals surface area (Å²) in [5.74, 6) is -0.748. The highest BCUT2D eigenvalue weighted by Gasteiger charge is 2.26. The Labute approximate surface area is 196 Å². The van der Waals surface area contributed by atoms with Gasteiger partial charge in [-0.25, -0.2) is 22.9 Å². The molecule has 4 rings (SSSR count). The van der Waals surface area contributed by atoms with Crippen molar-refractivity contribution < 1.29 is 23.1 Å². The molecule has 0 fully saturated rings. The summed E-state index contributed by atoms with van der Waals surface area (Å²) in [6.45, 7) is -0.329. The summed E-state index contributed by atoms with van der Waals surface area (Å²) in [4.78, 5) is 14.8. The molecule has 2 aromatic heterocycles. The molecule has 2 aromatic carbocycles. The fourth-order valence-corrected chi connectivity index (χ4v) is 4.67. The van der Waals surface area contributed by atoms with E-state index in [-0.39, 0.29) is 18.1 Å². The lowest BCUT2D eigenvalue weighted by molar-refractivity contribution is -0.139. The summed E-state index contributed by atoms with van der Waals surface area (Å²) in [5.41, 5.74) is 2.29. The van der Waals surface area contributed by atoms with E-state index in [1.165, 1.54) is 16.6 Å². The molecule has 174 valence electrons. The maximum absolute atomic E-state index is 13.4. The van der Waals surface area contributed by atoms with Crippen LogP contribution in [0.1, 0.15) is 11.1 Å². The maximum Gasteiger partial charge on any atom is 0.341 e. The Bertz CT molecular complexity index is 1340. The van der Waals surface area contributed by atoms with E-state index in [1.54, 1.807) is 47.3 Å². The van der Waals surface area contributed by atoms with Crippen molar-refractivity contribution in [1.29, 1.82) is 0 Å². The Kier molecular flexibility index (Phi) is 7.00. The van der Waals surface area contributed by atoms with Gasteiger partial charge in [-0.15, -0.1) is 0 Å². The second-order valence-corrected chi connectivity index (χ2v) is 9.27. The monoisotopic (exact) mass is 478 g/mol. The number of benzene rings is 2. The molecule has 0 aliphatic heterocycles. The SMILES string of the molecule is O=C(O)COc1cccc(CN(Cc2ccc(-n3cccn3)cc2)S(=O)(=O)c2ccccn2)c1. The molecule has 34 heavy (non-hydrogen) atoms. The van der Waals surface area contributed by atoms with Crippen LogP contribution in [0.15, 0.2) is 96.4 Å². The fourth-order valence-electron chi connectivity index (χ4n) is 3.32. The molecule has 9 nitrogen and oxygen atoms in total. The first-order valence-electron chi connectivity index (χ1n) is 10.4. The lowest BCUT2D eigenvalue weighted by Crippen LogP contribution is -2.31. The molecule has 0 spiro atoms. The minimum atomic E-state index is -3.92. The van der Waals surface area contributed by atoms with E-state index in [1.807, 2.05) is 36.5 Å². The third kappa shape index (κ3) is 5.66. The number of ether oxygens (including phenoxy) is 1. The van der Waals surface area contributed by atoms with Crippen LogP contribution >= 0.6 is 0 Å². The molecule has 1 N–H and O–H groups in total. The molecule has 0 aliphatic rings. The first-order valence-corrected chi connectivity index (χ1v) is 11.8. The van der Waals surface area contributed by atoms with E-state index in [4.69, 9.17) is 9.84 Å². The number of carboxylic acid groups (broad SMARTS) is 1. The summed E-state index contributed by atoms with van der Waals surface area (Å²) < 4.78 is 35.2. The highest BCUT2D eigenvalue weighted by molar-refractivity contribution is 7.89. The Balaban J connectivity index is 1.61. The van der Waals surface area contributed by atoms with Gasteiger partial charge in [-0.1, -0.05) is 30.3 Å². The molecular formula is C24H22N4O5S. The predicted octanol–water partition coefficient (Wildman–Crippen LogP) is 3.12. The van der Waals surface area contributed by atoms with Gasteiger partial charge in [-0.2, -0.15) is 9.40 Å². The van der Waals surface area contributed by atoms with Gasteiger partial charge in [0.1, 0.15) is 5.75 Å².